The van der Waals surface area contributed by atoms with Crippen LogP contribution in [0.15, 0.2) is 48.6 Å². The molecule has 28 heavy (non-hydrogen) atoms. The van der Waals surface area contributed by atoms with Crippen molar-refractivity contribution in [1.82, 2.24) is 0 Å². The lowest BCUT2D eigenvalue weighted by Gasteiger charge is -2.19. The number of aryl methyl sites for hydroxylation is 2. The second kappa shape index (κ2) is 11.9. The number of carbonyl (C=O) groups is 1. The van der Waals surface area contributed by atoms with Gasteiger partial charge in [-0.1, -0.05) is 54.1 Å². The van der Waals surface area contributed by atoms with Crippen LogP contribution in [0.1, 0.15) is 68.9 Å². The van der Waals surface area contributed by atoms with Gasteiger partial charge >= 0.3 is 5.97 Å². The molecule has 3 atom stereocenters. The van der Waals surface area contributed by atoms with Crippen LogP contribution in [0.4, 0.5) is 0 Å². The summed E-state index contributed by atoms with van der Waals surface area (Å²) in [6.07, 6.45) is 13.1. The van der Waals surface area contributed by atoms with Gasteiger partial charge in [0, 0.05) is 12.3 Å². The highest BCUT2D eigenvalue weighted by Gasteiger charge is 2.32. The number of aliphatic hydroxyl groups excluding tert-OH is 1. The predicted molar refractivity (Wildman–Crippen MR) is 115 cm³/mol. The van der Waals surface area contributed by atoms with Gasteiger partial charge in [-0.05, 0) is 76.2 Å². The molecule has 0 heterocycles. The van der Waals surface area contributed by atoms with Gasteiger partial charge < -0.3 is 10.2 Å². The topological polar surface area (TPSA) is 57.5 Å². The summed E-state index contributed by atoms with van der Waals surface area (Å²) in [5.74, 6) is 0.0703. The lowest BCUT2D eigenvalue weighted by atomic mass is 9.88. The molecule has 0 radical (unpaired) electrons. The van der Waals surface area contributed by atoms with Gasteiger partial charge in [-0.25, -0.2) is 0 Å². The number of aliphatic carboxylic acids is 1. The zero-order valence-electron chi connectivity index (χ0n) is 17.3. The van der Waals surface area contributed by atoms with Crippen molar-refractivity contribution in [3.63, 3.8) is 0 Å². The molecule has 0 aromatic heterocycles. The minimum Gasteiger partial charge on any atom is -0.481 e. The summed E-state index contributed by atoms with van der Waals surface area (Å²) in [7, 11) is 0. The van der Waals surface area contributed by atoms with Crippen LogP contribution in [-0.4, -0.2) is 22.3 Å². The molecule has 1 aliphatic carbocycles. The second-order valence-corrected chi connectivity index (χ2v) is 8.33. The number of carboxylic acid groups (broad SMARTS) is 1. The summed E-state index contributed by atoms with van der Waals surface area (Å²) in [6.45, 7) is 6.29. The molecular weight excluding hydrogens is 348 g/mol. The molecule has 1 unspecified atom stereocenters. The van der Waals surface area contributed by atoms with Gasteiger partial charge in [-0.2, -0.15) is 0 Å². The zero-order chi connectivity index (χ0) is 20.4. The zero-order valence-corrected chi connectivity index (χ0v) is 17.3. The van der Waals surface area contributed by atoms with Crippen LogP contribution in [0, 0.1) is 18.8 Å². The third-order valence-corrected chi connectivity index (χ3v) is 5.90. The van der Waals surface area contributed by atoms with Gasteiger partial charge in [-0.3, -0.25) is 4.79 Å². The van der Waals surface area contributed by atoms with Crippen molar-refractivity contribution in [2.75, 3.05) is 0 Å². The number of carboxylic acids is 1. The molecule has 3 nitrogen and oxygen atoms in total. The van der Waals surface area contributed by atoms with Crippen LogP contribution < -0.4 is 0 Å². The number of aliphatic hydroxyl groups is 1. The Hall–Kier alpha value is -1.87. The highest BCUT2D eigenvalue weighted by molar-refractivity contribution is 5.66. The van der Waals surface area contributed by atoms with Crippen molar-refractivity contribution in [2.45, 2.75) is 77.2 Å². The first kappa shape index (κ1) is 22.4. The summed E-state index contributed by atoms with van der Waals surface area (Å²) in [5, 5.41) is 19.1. The minimum absolute atomic E-state index is 0.218. The van der Waals surface area contributed by atoms with E-state index in [9.17, 15) is 9.90 Å². The number of unbranched alkanes of at least 4 members (excludes halogenated alkanes) is 1. The highest BCUT2D eigenvalue weighted by Crippen LogP contribution is 2.37. The molecule has 3 heteroatoms. The molecule has 2 rings (SSSR count). The average molecular weight is 385 g/mol. The number of allylic oxidation sites excluding steroid dienone is 2. The van der Waals surface area contributed by atoms with E-state index in [-0.39, 0.29) is 18.4 Å². The molecule has 0 amide bonds. The van der Waals surface area contributed by atoms with Gasteiger partial charge in [-0.15, -0.1) is 0 Å². The van der Waals surface area contributed by atoms with E-state index in [0.29, 0.717) is 5.92 Å². The Balaban J connectivity index is 1.71. The fraction of sp³-hybridized carbons (Fsp3) is 0.560. The monoisotopic (exact) mass is 384 g/mol. The second-order valence-electron chi connectivity index (χ2n) is 8.33. The van der Waals surface area contributed by atoms with Crippen molar-refractivity contribution in [3.05, 3.63) is 59.7 Å². The van der Waals surface area contributed by atoms with Crippen LogP contribution in [0.25, 0.3) is 0 Å². The first-order chi connectivity index (χ1) is 13.5. The predicted octanol–water partition coefficient (Wildman–Crippen LogP) is 5.85. The van der Waals surface area contributed by atoms with Gasteiger partial charge in [0.1, 0.15) is 0 Å². The molecule has 1 aliphatic rings. The highest BCUT2D eigenvalue weighted by atomic mass is 16.4. The van der Waals surface area contributed by atoms with E-state index in [0.717, 1.165) is 57.8 Å². The molecule has 0 spiro atoms. The molecular formula is C25H36O3. The van der Waals surface area contributed by atoms with E-state index in [1.807, 2.05) is 0 Å². The van der Waals surface area contributed by atoms with Gasteiger partial charge in [0.2, 0.25) is 0 Å². The molecule has 1 aromatic rings. The molecule has 0 bridgehead atoms. The summed E-state index contributed by atoms with van der Waals surface area (Å²) in [6, 6.07) is 8.65. The van der Waals surface area contributed by atoms with Crippen LogP contribution in [-0.2, 0) is 11.2 Å². The van der Waals surface area contributed by atoms with Crippen LogP contribution in [0.5, 0.6) is 0 Å². The maximum absolute atomic E-state index is 10.6. The average Bonchev–Trinajstić information content (AvgIpc) is 3.00. The van der Waals surface area contributed by atoms with E-state index < -0.39 is 5.97 Å². The first-order valence-corrected chi connectivity index (χ1v) is 10.7. The van der Waals surface area contributed by atoms with E-state index in [1.165, 1.54) is 16.7 Å². The van der Waals surface area contributed by atoms with Gasteiger partial charge in [0.05, 0.1) is 6.10 Å². The maximum atomic E-state index is 10.6. The smallest absolute Gasteiger partial charge is 0.303 e. The van der Waals surface area contributed by atoms with E-state index in [2.05, 4.69) is 49.9 Å². The number of benzene rings is 1. The molecule has 2 N–H and O–H groups in total. The van der Waals surface area contributed by atoms with E-state index in [1.54, 1.807) is 0 Å². The van der Waals surface area contributed by atoms with Crippen LogP contribution in [0.2, 0.25) is 0 Å². The normalized spacial score (nSPS) is 22.0. The molecule has 1 aromatic carbocycles. The molecule has 0 saturated heterocycles. The standard InChI is InChI=1S/C25H36O3/c1-19(8-3-6-13-25(27)28)14-15-22-16-17-24(26)23(22)12-5-4-10-21-11-7-9-20(2)18-21/h5,7,9,11-12,18,22-24,26H,1,3-4,6,8,10,13-17H2,2H3,(H,27,28)/b12-5+/t22?,23-,24-/m1/s1. The van der Waals surface area contributed by atoms with Crippen LogP contribution >= 0.6 is 0 Å². The Morgan fingerprint density at radius 1 is 1.21 bits per heavy atom. The first-order valence-electron chi connectivity index (χ1n) is 10.7. The summed E-state index contributed by atoms with van der Waals surface area (Å²) in [5.41, 5.74) is 3.89. The Morgan fingerprint density at radius 2 is 2.00 bits per heavy atom. The molecule has 1 fully saturated rings. The maximum Gasteiger partial charge on any atom is 0.303 e. The largest absolute Gasteiger partial charge is 0.481 e. The molecule has 0 aliphatic heterocycles. The van der Waals surface area contributed by atoms with E-state index in [4.69, 9.17) is 5.11 Å². The number of hydrogen-bond donors (Lipinski definition) is 2. The molecule has 1 saturated carbocycles. The fourth-order valence-corrected chi connectivity index (χ4v) is 4.24. The number of rotatable bonds is 12. The summed E-state index contributed by atoms with van der Waals surface area (Å²) >= 11 is 0. The summed E-state index contributed by atoms with van der Waals surface area (Å²) in [4.78, 5) is 10.6. The summed E-state index contributed by atoms with van der Waals surface area (Å²) < 4.78 is 0. The Bertz CT molecular complexity index is 662. The lowest BCUT2D eigenvalue weighted by molar-refractivity contribution is -0.137. The van der Waals surface area contributed by atoms with Crippen molar-refractivity contribution in [3.8, 4) is 0 Å². The third kappa shape index (κ3) is 8.02. The molecule has 154 valence electrons. The van der Waals surface area contributed by atoms with E-state index >= 15 is 0 Å². The van der Waals surface area contributed by atoms with Crippen molar-refractivity contribution >= 4 is 5.97 Å². The Kier molecular flexibility index (Phi) is 9.49. The third-order valence-electron chi connectivity index (χ3n) is 5.90. The van der Waals surface area contributed by atoms with Crippen LogP contribution in [0.3, 0.4) is 0 Å². The Labute approximate surface area is 170 Å². The number of hydrogen-bond acceptors (Lipinski definition) is 2. The van der Waals surface area contributed by atoms with Crippen molar-refractivity contribution in [1.29, 1.82) is 0 Å². The van der Waals surface area contributed by atoms with Gasteiger partial charge in [0.25, 0.3) is 0 Å². The van der Waals surface area contributed by atoms with Crippen molar-refractivity contribution in [2.24, 2.45) is 11.8 Å². The minimum atomic E-state index is -0.720. The SMILES string of the molecule is C=C(CCCCC(=O)O)CCC1CC[C@@H](O)[C@@H]1/C=C/CCc1cccc(C)c1. The lowest BCUT2D eigenvalue weighted by Crippen LogP contribution is -2.17. The Morgan fingerprint density at radius 3 is 2.75 bits per heavy atom. The fourth-order valence-electron chi connectivity index (χ4n) is 4.24. The van der Waals surface area contributed by atoms with Gasteiger partial charge in [0.15, 0.2) is 0 Å². The quantitative estimate of drug-likeness (QED) is 0.351. The van der Waals surface area contributed by atoms with Crippen molar-refractivity contribution < 1.29 is 15.0 Å².